The van der Waals surface area contributed by atoms with Gasteiger partial charge in [-0.3, -0.25) is 0 Å². The molecule has 1 unspecified atom stereocenters. The van der Waals surface area contributed by atoms with Crippen LogP contribution in [0.3, 0.4) is 0 Å². The first-order valence-corrected chi connectivity index (χ1v) is 7.12. The number of hydrogen-bond donors (Lipinski definition) is 1. The Morgan fingerprint density at radius 2 is 2.24 bits per heavy atom. The van der Waals surface area contributed by atoms with Crippen molar-refractivity contribution in [2.75, 3.05) is 20.8 Å². The van der Waals surface area contributed by atoms with Crippen LogP contribution in [0.25, 0.3) is 0 Å². The van der Waals surface area contributed by atoms with Gasteiger partial charge < -0.3 is 10.1 Å². The summed E-state index contributed by atoms with van der Waals surface area (Å²) in [6.07, 6.45) is 3.63. The van der Waals surface area contributed by atoms with E-state index in [2.05, 4.69) is 19.2 Å². The number of aryl methyl sites for hydroxylation is 2. The number of fused-ring (bicyclic) bond motifs is 1. The highest BCUT2D eigenvalue weighted by Gasteiger charge is 2.38. The second-order valence-electron chi connectivity index (χ2n) is 5.05. The Morgan fingerprint density at radius 1 is 1.47 bits per heavy atom. The van der Waals surface area contributed by atoms with Gasteiger partial charge in [0, 0.05) is 12.0 Å². The van der Waals surface area contributed by atoms with Gasteiger partial charge in [-0.1, -0.05) is 13.8 Å². The van der Waals surface area contributed by atoms with E-state index in [-0.39, 0.29) is 5.54 Å². The predicted octanol–water partition coefficient (Wildman–Crippen LogP) is 2.35. The fourth-order valence-electron chi connectivity index (χ4n) is 2.55. The molecule has 17 heavy (non-hydrogen) atoms. The maximum absolute atomic E-state index is 5.42. The predicted molar refractivity (Wildman–Crippen MR) is 71.6 cm³/mol. The number of ether oxygens (including phenoxy) is 1. The van der Waals surface area contributed by atoms with Crippen molar-refractivity contribution in [3.05, 3.63) is 15.6 Å². The van der Waals surface area contributed by atoms with E-state index in [4.69, 9.17) is 9.72 Å². The van der Waals surface area contributed by atoms with E-state index in [0.717, 1.165) is 6.42 Å². The standard InChI is InChI=1S/C13H22N2OS/c1-9(2)13(14-3,8-16-4)12-15-10-6-5-7-11(10)17-12/h9,14H,5-8H2,1-4H3. The Morgan fingerprint density at radius 3 is 2.76 bits per heavy atom. The minimum Gasteiger partial charge on any atom is -0.382 e. The number of nitrogens with zero attached hydrogens (tertiary/aromatic N) is 1. The van der Waals surface area contributed by atoms with Crippen LogP contribution in [0.4, 0.5) is 0 Å². The van der Waals surface area contributed by atoms with Crippen LogP contribution in [0.2, 0.25) is 0 Å². The third-order valence-electron chi connectivity index (χ3n) is 3.78. The summed E-state index contributed by atoms with van der Waals surface area (Å²) in [6.45, 7) is 5.12. The van der Waals surface area contributed by atoms with Gasteiger partial charge in [-0.2, -0.15) is 0 Å². The fraction of sp³-hybridized carbons (Fsp3) is 0.769. The second-order valence-corrected chi connectivity index (χ2v) is 6.14. The van der Waals surface area contributed by atoms with E-state index in [0.29, 0.717) is 12.5 Å². The van der Waals surface area contributed by atoms with Crippen LogP contribution in [-0.2, 0) is 23.1 Å². The van der Waals surface area contributed by atoms with Crippen LogP contribution in [0.5, 0.6) is 0 Å². The number of rotatable bonds is 5. The second kappa shape index (κ2) is 5.04. The molecule has 1 aromatic rings. The Hall–Kier alpha value is -0.450. The summed E-state index contributed by atoms with van der Waals surface area (Å²) in [5.41, 5.74) is 1.19. The highest BCUT2D eigenvalue weighted by Crippen LogP contribution is 2.37. The van der Waals surface area contributed by atoms with E-state index in [1.54, 1.807) is 7.11 Å². The molecule has 0 spiro atoms. The summed E-state index contributed by atoms with van der Waals surface area (Å²) < 4.78 is 5.42. The van der Waals surface area contributed by atoms with Gasteiger partial charge in [-0.05, 0) is 32.2 Å². The van der Waals surface area contributed by atoms with Crippen molar-refractivity contribution in [3.8, 4) is 0 Å². The number of methoxy groups -OCH3 is 1. The van der Waals surface area contributed by atoms with Gasteiger partial charge in [0.25, 0.3) is 0 Å². The maximum atomic E-state index is 5.42. The third kappa shape index (κ3) is 2.14. The highest BCUT2D eigenvalue weighted by atomic mass is 32.1. The normalized spacial score (nSPS) is 18.4. The van der Waals surface area contributed by atoms with Crippen LogP contribution < -0.4 is 5.32 Å². The van der Waals surface area contributed by atoms with Gasteiger partial charge in [-0.25, -0.2) is 4.98 Å². The van der Waals surface area contributed by atoms with Crippen molar-refractivity contribution in [3.63, 3.8) is 0 Å². The molecule has 1 heterocycles. The Balaban J connectivity index is 2.37. The van der Waals surface area contributed by atoms with Crippen LogP contribution in [0.15, 0.2) is 0 Å². The molecule has 4 heteroatoms. The fourth-order valence-corrected chi connectivity index (χ4v) is 4.03. The molecule has 2 rings (SSSR count). The maximum Gasteiger partial charge on any atom is 0.116 e. The topological polar surface area (TPSA) is 34.1 Å². The summed E-state index contributed by atoms with van der Waals surface area (Å²) in [7, 11) is 3.77. The van der Waals surface area contributed by atoms with E-state index < -0.39 is 0 Å². The minimum absolute atomic E-state index is 0.135. The summed E-state index contributed by atoms with van der Waals surface area (Å²) in [4.78, 5) is 6.33. The van der Waals surface area contributed by atoms with Gasteiger partial charge in [-0.15, -0.1) is 11.3 Å². The van der Waals surface area contributed by atoms with Crippen molar-refractivity contribution in [2.24, 2.45) is 5.92 Å². The molecule has 0 fully saturated rings. The zero-order chi connectivity index (χ0) is 12.5. The Labute approximate surface area is 108 Å². The largest absolute Gasteiger partial charge is 0.382 e. The molecule has 1 aliphatic carbocycles. The summed E-state index contributed by atoms with van der Waals surface area (Å²) in [6, 6.07) is 0. The average molecular weight is 254 g/mol. The molecular formula is C13H22N2OS. The number of nitrogens with one attached hydrogen (secondary N) is 1. The lowest BCUT2D eigenvalue weighted by atomic mass is 9.88. The molecule has 1 aromatic heterocycles. The average Bonchev–Trinajstić information content (AvgIpc) is 2.85. The molecule has 0 aromatic carbocycles. The van der Waals surface area contributed by atoms with Crippen LogP contribution in [0.1, 0.15) is 35.8 Å². The molecule has 3 nitrogen and oxygen atoms in total. The first-order valence-electron chi connectivity index (χ1n) is 6.31. The molecule has 1 N–H and O–H groups in total. The molecule has 0 bridgehead atoms. The molecule has 0 aliphatic heterocycles. The first-order chi connectivity index (χ1) is 8.14. The number of likely N-dealkylation sites (N-methyl/N-ethyl adjacent to an activating group) is 1. The quantitative estimate of drug-likeness (QED) is 0.876. The van der Waals surface area contributed by atoms with Gasteiger partial charge in [0.2, 0.25) is 0 Å². The number of aromatic nitrogens is 1. The number of thiazole rings is 1. The molecule has 96 valence electrons. The van der Waals surface area contributed by atoms with E-state index in [1.165, 1.54) is 28.4 Å². The van der Waals surface area contributed by atoms with Crippen molar-refractivity contribution in [2.45, 2.75) is 38.6 Å². The molecule has 0 saturated carbocycles. The smallest absolute Gasteiger partial charge is 0.116 e. The van der Waals surface area contributed by atoms with Crippen molar-refractivity contribution < 1.29 is 4.74 Å². The van der Waals surface area contributed by atoms with E-state index in [9.17, 15) is 0 Å². The lowest BCUT2D eigenvalue weighted by molar-refractivity contribution is 0.0818. The molecule has 0 amide bonds. The summed E-state index contributed by atoms with van der Waals surface area (Å²) in [5, 5.41) is 4.64. The Bertz CT molecular complexity index is 367. The monoisotopic (exact) mass is 254 g/mol. The zero-order valence-corrected chi connectivity index (χ0v) is 12.0. The molecule has 0 saturated heterocycles. The van der Waals surface area contributed by atoms with E-state index >= 15 is 0 Å². The summed E-state index contributed by atoms with van der Waals surface area (Å²) in [5.74, 6) is 0.457. The van der Waals surface area contributed by atoms with Gasteiger partial charge in [0.15, 0.2) is 0 Å². The number of hydrogen-bond acceptors (Lipinski definition) is 4. The molecule has 0 radical (unpaired) electrons. The van der Waals surface area contributed by atoms with Gasteiger partial charge in [0.1, 0.15) is 5.01 Å². The zero-order valence-electron chi connectivity index (χ0n) is 11.2. The molecular weight excluding hydrogens is 232 g/mol. The van der Waals surface area contributed by atoms with Crippen LogP contribution >= 0.6 is 11.3 Å². The molecule has 1 aliphatic rings. The van der Waals surface area contributed by atoms with Crippen LogP contribution in [-0.4, -0.2) is 25.7 Å². The van der Waals surface area contributed by atoms with Crippen molar-refractivity contribution in [1.29, 1.82) is 0 Å². The SMILES string of the molecule is CNC(COC)(c1nc2c(s1)CCC2)C(C)C. The van der Waals surface area contributed by atoms with E-state index in [1.807, 2.05) is 18.4 Å². The lowest BCUT2D eigenvalue weighted by Crippen LogP contribution is -2.48. The first kappa shape index (κ1) is 13.0. The lowest BCUT2D eigenvalue weighted by Gasteiger charge is -2.35. The van der Waals surface area contributed by atoms with Crippen molar-refractivity contribution >= 4 is 11.3 Å². The third-order valence-corrected chi connectivity index (χ3v) is 5.12. The Kier molecular flexibility index (Phi) is 3.85. The van der Waals surface area contributed by atoms with Crippen molar-refractivity contribution in [1.82, 2.24) is 10.3 Å². The van der Waals surface area contributed by atoms with Gasteiger partial charge >= 0.3 is 0 Å². The van der Waals surface area contributed by atoms with Crippen LogP contribution in [0, 0.1) is 5.92 Å². The molecule has 1 atom stereocenters. The highest BCUT2D eigenvalue weighted by molar-refractivity contribution is 7.12. The summed E-state index contributed by atoms with van der Waals surface area (Å²) >= 11 is 1.87. The van der Waals surface area contributed by atoms with Gasteiger partial charge in [0.05, 0.1) is 17.8 Å². The minimum atomic E-state index is -0.135.